The lowest BCUT2D eigenvalue weighted by Crippen LogP contribution is -2.24. The van der Waals surface area contributed by atoms with Gasteiger partial charge < -0.3 is 14.5 Å². The van der Waals surface area contributed by atoms with Gasteiger partial charge in [-0.3, -0.25) is 4.79 Å². The molecule has 1 aromatic carbocycles. The van der Waals surface area contributed by atoms with E-state index in [0.29, 0.717) is 39.9 Å². The molecule has 2 rings (SSSR count). The number of benzene rings is 1. The first-order valence-corrected chi connectivity index (χ1v) is 8.36. The third-order valence-corrected chi connectivity index (χ3v) is 3.77. The summed E-state index contributed by atoms with van der Waals surface area (Å²) >= 11 is 5.78. The van der Waals surface area contributed by atoms with Crippen LogP contribution in [0.5, 0.6) is 5.75 Å². The van der Waals surface area contributed by atoms with Gasteiger partial charge in [-0.1, -0.05) is 11.6 Å². The van der Waals surface area contributed by atoms with Crippen LogP contribution < -0.4 is 10.2 Å². The third-order valence-electron chi connectivity index (χ3n) is 3.52. The van der Waals surface area contributed by atoms with Crippen molar-refractivity contribution < 1.29 is 19.1 Å². The van der Waals surface area contributed by atoms with Crippen molar-refractivity contribution in [1.82, 2.24) is 10.4 Å². The molecule has 26 heavy (non-hydrogen) atoms. The molecule has 0 fully saturated rings. The number of esters is 1. The molecule has 0 unspecified atom stereocenters. The number of aromatic amines is 1. The summed E-state index contributed by atoms with van der Waals surface area (Å²) in [6, 6.07) is 6.68. The minimum Gasteiger partial charge on any atom is -0.484 e. The van der Waals surface area contributed by atoms with Gasteiger partial charge in [0.05, 0.1) is 24.1 Å². The number of amides is 1. The molecule has 1 amide bonds. The summed E-state index contributed by atoms with van der Waals surface area (Å²) in [4.78, 5) is 26.7. The second-order valence-electron chi connectivity index (χ2n) is 5.42. The number of nitrogens with one attached hydrogen (secondary N) is 2. The maximum atomic E-state index is 11.9. The van der Waals surface area contributed by atoms with Gasteiger partial charge in [-0.15, -0.1) is 0 Å². The number of carbonyl (C=O) groups is 2. The topological polar surface area (TPSA) is 92.8 Å². The zero-order valence-electron chi connectivity index (χ0n) is 14.8. The fourth-order valence-corrected chi connectivity index (χ4v) is 2.42. The number of ether oxygens (including phenoxy) is 2. The van der Waals surface area contributed by atoms with E-state index in [-0.39, 0.29) is 12.6 Å². The molecular weight excluding hydrogens is 358 g/mol. The first kappa shape index (κ1) is 19.5. The molecule has 1 aromatic heterocycles. The number of H-pyrrole nitrogens is 1. The number of aromatic nitrogens is 1. The largest absolute Gasteiger partial charge is 0.484 e. The molecule has 0 saturated heterocycles. The van der Waals surface area contributed by atoms with Crippen LogP contribution in [-0.4, -0.2) is 36.3 Å². The van der Waals surface area contributed by atoms with Crippen molar-refractivity contribution in [2.45, 2.75) is 20.8 Å². The number of rotatable bonds is 7. The Bertz CT molecular complexity index is 813. The molecule has 2 aromatic rings. The van der Waals surface area contributed by atoms with Gasteiger partial charge in [-0.05, 0) is 50.6 Å². The van der Waals surface area contributed by atoms with Crippen LogP contribution in [0.2, 0.25) is 5.02 Å². The Kier molecular flexibility index (Phi) is 6.80. The SMILES string of the molecule is CCOC(=O)c1c(C)[nH]c(/C=N/NC(=O)COc2ccc(Cl)cc2)c1C. The van der Waals surface area contributed by atoms with E-state index in [1.54, 1.807) is 45.0 Å². The normalized spacial score (nSPS) is 10.8. The molecule has 0 aliphatic heterocycles. The molecule has 138 valence electrons. The van der Waals surface area contributed by atoms with Crippen molar-refractivity contribution in [3.63, 3.8) is 0 Å². The predicted molar refractivity (Wildman–Crippen MR) is 98.9 cm³/mol. The highest BCUT2D eigenvalue weighted by atomic mass is 35.5. The van der Waals surface area contributed by atoms with E-state index in [4.69, 9.17) is 21.1 Å². The zero-order valence-corrected chi connectivity index (χ0v) is 15.5. The van der Waals surface area contributed by atoms with Crippen molar-refractivity contribution >= 4 is 29.7 Å². The summed E-state index contributed by atoms with van der Waals surface area (Å²) in [5.74, 6) is -0.273. The molecule has 8 heteroatoms. The number of carbonyl (C=O) groups excluding carboxylic acids is 2. The van der Waals surface area contributed by atoms with Crippen molar-refractivity contribution in [3.05, 3.63) is 51.8 Å². The summed E-state index contributed by atoms with van der Waals surface area (Å²) in [6.07, 6.45) is 1.44. The van der Waals surface area contributed by atoms with Crippen molar-refractivity contribution in [3.8, 4) is 5.75 Å². The van der Waals surface area contributed by atoms with E-state index in [0.717, 1.165) is 0 Å². The molecule has 0 radical (unpaired) electrons. The van der Waals surface area contributed by atoms with Gasteiger partial charge in [0, 0.05) is 10.7 Å². The molecule has 0 bridgehead atoms. The van der Waals surface area contributed by atoms with Gasteiger partial charge in [0.15, 0.2) is 6.61 Å². The van der Waals surface area contributed by atoms with Gasteiger partial charge in [-0.2, -0.15) is 5.10 Å². The number of aryl methyl sites for hydroxylation is 1. The number of hydrazone groups is 1. The Morgan fingerprint density at radius 2 is 1.96 bits per heavy atom. The van der Waals surface area contributed by atoms with E-state index >= 15 is 0 Å². The van der Waals surface area contributed by atoms with Crippen LogP contribution in [0.15, 0.2) is 29.4 Å². The minimum atomic E-state index is -0.414. The summed E-state index contributed by atoms with van der Waals surface area (Å²) in [7, 11) is 0. The van der Waals surface area contributed by atoms with E-state index in [1.165, 1.54) is 6.21 Å². The van der Waals surface area contributed by atoms with Gasteiger partial charge in [0.2, 0.25) is 0 Å². The Hall–Kier alpha value is -2.80. The molecular formula is C18H20ClN3O4. The quantitative estimate of drug-likeness (QED) is 0.440. The first-order valence-electron chi connectivity index (χ1n) is 7.99. The number of nitrogens with zero attached hydrogens (tertiary/aromatic N) is 1. The fourth-order valence-electron chi connectivity index (χ4n) is 2.29. The Morgan fingerprint density at radius 1 is 1.27 bits per heavy atom. The van der Waals surface area contributed by atoms with E-state index < -0.39 is 5.91 Å². The van der Waals surface area contributed by atoms with Crippen LogP contribution in [0.3, 0.4) is 0 Å². The highest BCUT2D eigenvalue weighted by molar-refractivity contribution is 6.30. The molecule has 0 atom stereocenters. The fraction of sp³-hybridized carbons (Fsp3) is 0.278. The average molecular weight is 378 g/mol. The maximum absolute atomic E-state index is 11.9. The molecule has 0 aliphatic rings. The second kappa shape index (κ2) is 9.05. The highest BCUT2D eigenvalue weighted by Gasteiger charge is 2.18. The van der Waals surface area contributed by atoms with Crippen LogP contribution in [-0.2, 0) is 9.53 Å². The monoisotopic (exact) mass is 377 g/mol. The van der Waals surface area contributed by atoms with E-state index in [2.05, 4.69) is 15.5 Å². The van der Waals surface area contributed by atoms with E-state index in [9.17, 15) is 9.59 Å². The molecule has 1 heterocycles. The van der Waals surface area contributed by atoms with Gasteiger partial charge in [0.1, 0.15) is 5.75 Å². The van der Waals surface area contributed by atoms with Crippen LogP contribution in [0, 0.1) is 13.8 Å². The molecule has 0 spiro atoms. The van der Waals surface area contributed by atoms with Gasteiger partial charge in [0.25, 0.3) is 5.91 Å². The molecule has 0 saturated carbocycles. The lowest BCUT2D eigenvalue weighted by Gasteiger charge is -2.04. The Labute approximate surface area is 156 Å². The second-order valence-corrected chi connectivity index (χ2v) is 5.86. The van der Waals surface area contributed by atoms with E-state index in [1.807, 2.05) is 0 Å². The van der Waals surface area contributed by atoms with Crippen LogP contribution in [0.4, 0.5) is 0 Å². The third kappa shape index (κ3) is 5.10. The van der Waals surface area contributed by atoms with Crippen LogP contribution in [0.25, 0.3) is 0 Å². The predicted octanol–water partition coefficient (Wildman–Crippen LogP) is 2.99. The Balaban J connectivity index is 1.91. The average Bonchev–Trinajstić information content (AvgIpc) is 2.88. The number of hydrogen-bond donors (Lipinski definition) is 2. The van der Waals surface area contributed by atoms with Crippen molar-refractivity contribution in [2.75, 3.05) is 13.2 Å². The lowest BCUT2D eigenvalue weighted by molar-refractivity contribution is -0.123. The lowest BCUT2D eigenvalue weighted by atomic mass is 10.1. The maximum Gasteiger partial charge on any atom is 0.340 e. The zero-order chi connectivity index (χ0) is 19.1. The molecule has 7 nitrogen and oxygen atoms in total. The van der Waals surface area contributed by atoms with Gasteiger partial charge >= 0.3 is 5.97 Å². The summed E-state index contributed by atoms with van der Waals surface area (Å²) in [6.45, 7) is 5.42. The van der Waals surface area contributed by atoms with Crippen LogP contribution >= 0.6 is 11.6 Å². The highest BCUT2D eigenvalue weighted by Crippen LogP contribution is 2.18. The number of hydrogen-bond acceptors (Lipinski definition) is 5. The minimum absolute atomic E-state index is 0.185. The smallest absolute Gasteiger partial charge is 0.340 e. The van der Waals surface area contributed by atoms with Crippen molar-refractivity contribution in [2.24, 2.45) is 5.10 Å². The molecule has 2 N–H and O–H groups in total. The standard InChI is InChI=1S/C18H20ClN3O4/c1-4-25-18(24)17-11(2)15(21-12(17)3)9-20-22-16(23)10-26-14-7-5-13(19)6-8-14/h5-9,21H,4,10H2,1-3H3,(H,22,23)/b20-9+. The summed E-state index contributed by atoms with van der Waals surface area (Å²) in [5.41, 5.74) is 4.84. The van der Waals surface area contributed by atoms with Crippen LogP contribution in [0.1, 0.15) is 34.2 Å². The first-order chi connectivity index (χ1) is 12.4. The summed E-state index contributed by atoms with van der Waals surface area (Å²) < 4.78 is 10.3. The summed E-state index contributed by atoms with van der Waals surface area (Å²) in [5, 5.41) is 4.47. The number of halogens is 1. The Morgan fingerprint density at radius 3 is 2.62 bits per heavy atom. The van der Waals surface area contributed by atoms with Crippen molar-refractivity contribution in [1.29, 1.82) is 0 Å². The molecule has 0 aliphatic carbocycles. The van der Waals surface area contributed by atoms with Gasteiger partial charge in [-0.25, -0.2) is 10.2 Å².